The molecule has 36 heavy (non-hydrogen) atoms. The van der Waals surface area contributed by atoms with Crippen LogP contribution in [-0.2, 0) is 20.8 Å². The van der Waals surface area contributed by atoms with Gasteiger partial charge in [-0.05, 0) is 53.2 Å². The van der Waals surface area contributed by atoms with Gasteiger partial charge in [-0.2, -0.15) is 0 Å². The lowest BCUT2D eigenvalue weighted by Crippen LogP contribution is -2.58. The van der Waals surface area contributed by atoms with Crippen molar-refractivity contribution in [2.45, 2.75) is 45.7 Å². The fraction of sp³-hybridized carbons (Fsp3) is 0.720. The van der Waals surface area contributed by atoms with Crippen LogP contribution in [-0.4, -0.2) is 108 Å². The zero-order chi connectivity index (χ0) is 26.2. The molecule has 1 aromatic rings. The minimum absolute atomic E-state index is 0.0598. The fourth-order valence-electron chi connectivity index (χ4n) is 4.99. The Bertz CT molecular complexity index is 901. The van der Waals surface area contributed by atoms with Gasteiger partial charge in [0.15, 0.2) is 0 Å². The Hall–Kier alpha value is -2.11. The molecule has 2 fully saturated rings. The number of carbonyl (C=O) groups is 3. The lowest BCUT2D eigenvalue weighted by molar-refractivity contribution is -0.142. The monoisotopic (exact) mass is 570 g/mol. The normalized spacial score (nSPS) is 20.6. The second-order valence-corrected chi connectivity index (χ2v) is 10.8. The second kappa shape index (κ2) is 13.4. The number of carboxylic acid groups (broad SMARTS) is 1. The number of rotatable bonds is 10. The minimum Gasteiger partial charge on any atom is -0.465 e. The van der Waals surface area contributed by atoms with Crippen molar-refractivity contribution in [2.75, 3.05) is 59.7 Å². The molecule has 0 aliphatic carbocycles. The zero-order valence-corrected chi connectivity index (χ0v) is 23.1. The number of aromatic nitrogens is 1. The quantitative estimate of drug-likeness (QED) is 0.433. The smallest absolute Gasteiger partial charge is 0.407 e. The van der Waals surface area contributed by atoms with Crippen LogP contribution in [0.1, 0.15) is 43.6 Å². The maximum absolute atomic E-state index is 13.9. The Labute approximate surface area is 221 Å². The third kappa shape index (κ3) is 7.23. The summed E-state index contributed by atoms with van der Waals surface area (Å²) in [4.78, 5) is 44.1. The van der Waals surface area contributed by atoms with E-state index in [0.717, 1.165) is 17.4 Å². The molecule has 0 radical (unpaired) electrons. The molecule has 0 saturated carbocycles. The van der Waals surface area contributed by atoms with Crippen molar-refractivity contribution in [1.29, 1.82) is 0 Å². The number of hydrogen-bond donors (Lipinski definition) is 1. The van der Waals surface area contributed by atoms with Gasteiger partial charge in [-0.25, -0.2) is 4.79 Å². The first kappa shape index (κ1) is 28.5. The van der Waals surface area contributed by atoms with Gasteiger partial charge >= 0.3 is 6.09 Å². The van der Waals surface area contributed by atoms with Crippen LogP contribution in [0.2, 0.25) is 0 Å². The van der Waals surface area contributed by atoms with Gasteiger partial charge in [-0.15, -0.1) is 0 Å². The number of carbonyl (C=O) groups excluding carboxylic acids is 2. The topological polar surface area (TPSA) is 105 Å². The minimum atomic E-state index is -1.07. The number of likely N-dealkylation sites (tertiary alicyclic amines) is 1. The summed E-state index contributed by atoms with van der Waals surface area (Å²) >= 11 is 3.57. The van der Waals surface area contributed by atoms with E-state index in [1.807, 2.05) is 30.5 Å². The van der Waals surface area contributed by atoms with Gasteiger partial charge in [-0.1, -0.05) is 13.8 Å². The second-order valence-electron chi connectivity index (χ2n) is 9.96. The van der Waals surface area contributed by atoms with Crippen molar-refractivity contribution >= 4 is 33.8 Å². The van der Waals surface area contributed by atoms with Crippen molar-refractivity contribution in [3.05, 3.63) is 22.4 Å². The average Bonchev–Trinajstić information content (AvgIpc) is 3.24. The number of amides is 3. The number of hydrogen-bond acceptors (Lipinski definition) is 5. The van der Waals surface area contributed by atoms with Gasteiger partial charge in [0.05, 0.1) is 29.8 Å². The Morgan fingerprint density at radius 2 is 1.89 bits per heavy atom. The van der Waals surface area contributed by atoms with E-state index in [0.29, 0.717) is 58.1 Å². The SMILES string of the molecule is COCCCCn1c(Br)ccc1C(=O)N(CC(C)C)[C@H]1C[C@@H](C(=O)N2CCOCC2)CN(C(=O)O)C1. The highest BCUT2D eigenvalue weighted by Crippen LogP contribution is 2.27. The predicted octanol–water partition coefficient (Wildman–Crippen LogP) is 3.00. The molecule has 202 valence electrons. The molecule has 0 bridgehead atoms. The van der Waals surface area contributed by atoms with Gasteiger partial charge in [0.2, 0.25) is 5.91 Å². The summed E-state index contributed by atoms with van der Waals surface area (Å²) in [5, 5.41) is 9.83. The van der Waals surface area contributed by atoms with Gasteiger partial charge in [0.25, 0.3) is 5.91 Å². The summed E-state index contributed by atoms with van der Waals surface area (Å²) in [6.07, 6.45) is 1.11. The molecule has 10 nitrogen and oxygen atoms in total. The molecule has 3 amide bonds. The number of nitrogens with zero attached hydrogens (tertiary/aromatic N) is 4. The first-order valence-corrected chi connectivity index (χ1v) is 13.5. The highest BCUT2D eigenvalue weighted by atomic mass is 79.9. The first-order chi connectivity index (χ1) is 17.2. The van der Waals surface area contributed by atoms with Gasteiger partial charge in [-0.3, -0.25) is 9.59 Å². The molecule has 1 N–H and O–H groups in total. The van der Waals surface area contributed by atoms with Crippen LogP contribution in [0.4, 0.5) is 4.79 Å². The Balaban J connectivity index is 1.84. The molecule has 11 heteroatoms. The number of methoxy groups -OCH3 is 1. The van der Waals surface area contributed by atoms with Crippen LogP contribution >= 0.6 is 15.9 Å². The molecule has 0 spiro atoms. The summed E-state index contributed by atoms with van der Waals surface area (Å²) in [5.41, 5.74) is 0.559. The van der Waals surface area contributed by atoms with Crippen LogP contribution in [0, 0.1) is 11.8 Å². The van der Waals surface area contributed by atoms with E-state index in [2.05, 4.69) is 15.9 Å². The first-order valence-electron chi connectivity index (χ1n) is 12.7. The molecule has 0 aromatic carbocycles. The van der Waals surface area contributed by atoms with Crippen LogP contribution < -0.4 is 0 Å². The number of halogens is 1. The summed E-state index contributed by atoms with van der Waals surface area (Å²) < 4.78 is 13.3. The Kier molecular flexibility index (Phi) is 10.6. The van der Waals surface area contributed by atoms with E-state index in [1.54, 1.807) is 16.9 Å². The van der Waals surface area contributed by atoms with E-state index in [4.69, 9.17) is 9.47 Å². The van der Waals surface area contributed by atoms with Crippen LogP contribution in [0.5, 0.6) is 0 Å². The molecule has 2 atom stereocenters. The van der Waals surface area contributed by atoms with Gasteiger partial charge < -0.3 is 33.8 Å². The van der Waals surface area contributed by atoms with Crippen LogP contribution in [0.15, 0.2) is 16.7 Å². The predicted molar refractivity (Wildman–Crippen MR) is 138 cm³/mol. The van der Waals surface area contributed by atoms with E-state index < -0.39 is 18.1 Å². The molecular weight excluding hydrogens is 532 g/mol. The number of unbranched alkanes of at least 4 members (excludes halogenated alkanes) is 1. The third-order valence-electron chi connectivity index (χ3n) is 6.76. The molecule has 0 unspecified atom stereocenters. The standard InChI is InChI=1S/C25H39BrN4O6/c1-18(2)15-30(24(32)21-6-7-22(26)29(21)8-4-5-11-35-3)20-14-19(16-28(17-20)25(33)34)23(31)27-9-12-36-13-10-27/h6-7,18-20H,4-5,8-17H2,1-3H3,(H,33,34)/t19-,20+/m1/s1. The molecule has 2 aliphatic rings. The van der Waals surface area contributed by atoms with Crippen LogP contribution in [0.3, 0.4) is 0 Å². The third-order valence-corrected chi connectivity index (χ3v) is 7.45. The molecule has 2 saturated heterocycles. The van der Waals surface area contributed by atoms with Crippen LogP contribution in [0.25, 0.3) is 0 Å². The molecule has 1 aromatic heterocycles. The largest absolute Gasteiger partial charge is 0.465 e. The van der Waals surface area contributed by atoms with E-state index >= 15 is 0 Å². The number of ether oxygens (including phenoxy) is 2. The summed E-state index contributed by atoms with van der Waals surface area (Å²) in [7, 11) is 1.67. The molecule has 2 aliphatic heterocycles. The average molecular weight is 572 g/mol. The summed E-state index contributed by atoms with van der Waals surface area (Å²) in [6.45, 7) is 8.19. The lowest BCUT2D eigenvalue weighted by atomic mass is 9.91. The Morgan fingerprint density at radius 1 is 1.17 bits per heavy atom. The fourth-order valence-corrected chi connectivity index (χ4v) is 5.49. The molecular formula is C25H39BrN4O6. The van der Waals surface area contributed by atoms with Crippen molar-refractivity contribution in [2.24, 2.45) is 11.8 Å². The summed E-state index contributed by atoms with van der Waals surface area (Å²) in [6, 6.07) is 3.28. The number of piperidine rings is 1. The highest BCUT2D eigenvalue weighted by molar-refractivity contribution is 9.10. The number of morpholine rings is 1. The van der Waals surface area contributed by atoms with Gasteiger partial charge in [0, 0.05) is 53.0 Å². The zero-order valence-electron chi connectivity index (χ0n) is 21.5. The maximum atomic E-state index is 13.9. The van der Waals surface area contributed by atoms with E-state index in [1.165, 1.54) is 4.90 Å². The lowest BCUT2D eigenvalue weighted by Gasteiger charge is -2.43. The summed E-state index contributed by atoms with van der Waals surface area (Å²) in [5.74, 6) is -0.518. The van der Waals surface area contributed by atoms with E-state index in [9.17, 15) is 19.5 Å². The van der Waals surface area contributed by atoms with Crippen molar-refractivity contribution in [1.82, 2.24) is 19.3 Å². The highest BCUT2D eigenvalue weighted by Gasteiger charge is 2.40. The Morgan fingerprint density at radius 3 is 2.53 bits per heavy atom. The maximum Gasteiger partial charge on any atom is 0.407 e. The van der Waals surface area contributed by atoms with Crippen molar-refractivity contribution in [3.63, 3.8) is 0 Å². The van der Waals surface area contributed by atoms with Crippen molar-refractivity contribution in [3.8, 4) is 0 Å². The van der Waals surface area contributed by atoms with E-state index in [-0.39, 0.29) is 30.8 Å². The molecule has 3 heterocycles. The molecule has 3 rings (SSSR count). The van der Waals surface area contributed by atoms with Gasteiger partial charge in [0.1, 0.15) is 5.69 Å². The van der Waals surface area contributed by atoms with Crippen molar-refractivity contribution < 1.29 is 29.0 Å².